The summed E-state index contributed by atoms with van der Waals surface area (Å²) in [6.45, 7) is 2.77. The van der Waals surface area contributed by atoms with E-state index in [0.29, 0.717) is 6.10 Å². The molecule has 1 N–H and O–H groups in total. The molecule has 0 saturated carbocycles. The molecule has 0 amide bonds. The molecule has 0 aromatic heterocycles. The zero-order chi connectivity index (χ0) is 11.4. The van der Waals surface area contributed by atoms with Crippen molar-refractivity contribution in [2.45, 2.75) is 44.3 Å². The van der Waals surface area contributed by atoms with E-state index in [-0.39, 0.29) is 0 Å². The Morgan fingerprint density at radius 3 is 2.75 bits per heavy atom. The van der Waals surface area contributed by atoms with Gasteiger partial charge >= 0.3 is 0 Å². The lowest BCUT2D eigenvalue weighted by Gasteiger charge is -2.25. The number of ether oxygens (including phenoxy) is 1. The zero-order valence-corrected chi connectivity index (χ0v) is 9.86. The second kappa shape index (κ2) is 4.98. The van der Waals surface area contributed by atoms with E-state index in [9.17, 15) is 5.11 Å². The first kappa shape index (κ1) is 11.6. The normalized spacial score (nSPS) is 24.2. The van der Waals surface area contributed by atoms with Crippen LogP contribution in [0, 0.1) is 0 Å². The van der Waals surface area contributed by atoms with Crippen LogP contribution in [0.25, 0.3) is 0 Å². The van der Waals surface area contributed by atoms with Crippen LogP contribution >= 0.6 is 0 Å². The van der Waals surface area contributed by atoms with Gasteiger partial charge in [-0.3, -0.25) is 0 Å². The van der Waals surface area contributed by atoms with E-state index >= 15 is 0 Å². The maximum absolute atomic E-state index is 10.4. The molecule has 0 bridgehead atoms. The highest BCUT2D eigenvalue weighted by atomic mass is 16.5. The minimum absolute atomic E-state index is 0.357. The van der Waals surface area contributed by atoms with Crippen LogP contribution < -0.4 is 0 Å². The third-order valence-electron chi connectivity index (χ3n) is 3.37. The molecule has 1 aliphatic rings. The summed E-state index contributed by atoms with van der Waals surface area (Å²) in [4.78, 5) is 0. The molecule has 1 fully saturated rings. The van der Waals surface area contributed by atoms with Crippen molar-refractivity contribution in [2.24, 2.45) is 0 Å². The largest absolute Gasteiger partial charge is 0.385 e. The van der Waals surface area contributed by atoms with Gasteiger partial charge in [0.2, 0.25) is 0 Å². The van der Waals surface area contributed by atoms with E-state index in [2.05, 4.69) is 0 Å². The molecule has 16 heavy (non-hydrogen) atoms. The summed E-state index contributed by atoms with van der Waals surface area (Å²) in [5.41, 5.74) is 0.265. The van der Waals surface area contributed by atoms with Crippen molar-refractivity contribution in [1.82, 2.24) is 0 Å². The van der Waals surface area contributed by atoms with Gasteiger partial charge in [0.05, 0.1) is 11.7 Å². The molecule has 0 spiro atoms. The molecular weight excluding hydrogens is 200 g/mol. The van der Waals surface area contributed by atoms with Crippen molar-refractivity contribution in [1.29, 1.82) is 0 Å². The molecule has 1 heterocycles. The fourth-order valence-electron chi connectivity index (χ4n) is 2.26. The van der Waals surface area contributed by atoms with Crippen molar-refractivity contribution in [3.63, 3.8) is 0 Å². The molecule has 2 atom stereocenters. The van der Waals surface area contributed by atoms with Crippen molar-refractivity contribution in [3.05, 3.63) is 35.9 Å². The monoisotopic (exact) mass is 220 g/mol. The minimum Gasteiger partial charge on any atom is -0.385 e. The lowest BCUT2D eigenvalue weighted by Crippen LogP contribution is -2.23. The van der Waals surface area contributed by atoms with Gasteiger partial charge in [-0.05, 0) is 38.2 Å². The Bertz CT molecular complexity index is 313. The predicted molar refractivity (Wildman–Crippen MR) is 64.2 cm³/mol. The van der Waals surface area contributed by atoms with E-state index in [1.165, 1.54) is 0 Å². The Morgan fingerprint density at radius 2 is 2.12 bits per heavy atom. The van der Waals surface area contributed by atoms with Gasteiger partial charge in [-0.25, -0.2) is 0 Å². The number of hydrogen-bond acceptors (Lipinski definition) is 2. The van der Waals surface area contributed by atoms with E-state index in [0.717, 1.165) is 37.9 Å². The highest BCUT2D eigenvalue weighted by molar-refractivity contribution is 5.21. The molecular formula is C14H20O2. The average Bonchev–Trinajstić information content (AvgIpc) is 2.81. The quantitative estimate of drug-likeness (QED) is 0.845. The molecule has 88 valence electrons. The number of hydrogen-bond donors (Lipinski definition) is 1. The second-order valence-electron chi connectivity index (χ2n) is 4.81. The van der Waals surface area contributed by atoms with Gasteiger partial charge < -0.3 is 9.84 Å². The van der Waals surface area contributed by atoms with Crippen LogP contribution in [-0.4, -0.2) is 17.8 Å². The first-order valence-electron chi connectivity index (χ1n) is 6.08. The Kier molecular flexibility index (Phi) is 3.62. The molecule has 2 unspecified atom stereocenters. The van der Waals surface area contributed by atoms with Gasteiger partial charge in [0.25, 0.3) is 0 Å². The molecule has 1 saturated heterocycles. The predicted octanol–water partition coefficient (Wildman–Crippen LogP) is 2.85. The summed E-state index contributed by atoms with van der Waals surface area (Å²) in [7, 11) is 0. The van der Waals surface area contributed by atoms with Gasteiger partial charge in [0.1, 0.15) is 0 Å². The molecule has 1 aromatic rings. The van der Waals surface area contributed by atoms with Crippen LogP contribution in [0.1, 0.15) is 38.2 Å². The van der Waals surface area contributed by atoms with Crippen molar-refractivity contribution >= 4 is 0 Å². The zero-order valence-electron chi connectivity index (χ0n) is 9.86. The number of benzene rings is 1. The standard InChI is InChI=1S/C14H20O2/c1-14(15,12-6-3-2-4-7-12)10-9-13-8-5-11-16-13/h2-4,6-7,13,15H,5,8-11H2,1H3. The molecule has 2 heteroatoms. The molecule has 1 aromatic carbocycles. The minimum atomic E-state index is -0.729. The Labute approximate surface area is 97.3 Å². The third-order valence-corrected chi connectivity index (χ3v) is 3.37. The first-order valence-corrected chi connectivity index (χ1v) is 6.08. The summed E-state index contributed by atoms with van der Waals surface area (Å²) in [6.07, 6.45) is 4.38. The highest BCUT2D eigenvalue weighted by Crippen LogP contribution is 2.28. The highest BCUT2D eigenvalue weighted by Gasteiger charge is 2.25. The topological polar surface area (TPSA) is 29.5 Å². The summed E-state index contributed by atoms with van der Waals surface area (Å²) in [6, 6.07) is 9.87. The fourth-order valence-corrected chi connectivity index (χ4v) is 2.26. The Hall–Kier alpha value is -0.860. The smallest absolute Gasteiger partial charge is 0.0869 e. The fraction of sp³-hybridized carbons (Fsp3) is 0.571. The molecule has 0 radical (unpaired) electrons. The van der Waals surface area contributed by atoms with Crippen LogP contribution in [0.3, 0.4) is 0 Å². The van der Waals surface area contributed by atoms with E-state index < -0.39 is 5.60 Å². The lowest BCUT2D eigenvalue weighted by molar-refractivity contribution is 0.0220. The van der Waals surface area contributed by atoms with E-state index in [4.69, 9.17) is 4.74 Å². The maximum atomic E-state index is 10.4. The van der Waals surface area contributed by atoms with Crippen molar-refractivity contribution < 1.29 is 9.84 Å². The average molecular weight is 220 g/mol. The van der Waals surface area contributed by atoms with Gasteiger partial charge in [-0.1, -0.05) is 30.3 Å². The Morgan fingerprint density at radius 1 is 1.38 bits per heavy atom. The number of rotatable bonds is 4. The lowest BCUT2D eigenvalue weighted by atomic mass is 9.90. The summed E-state index contributed by atoms with van der Waals surface area (Å²) in [5, 5.41) is 10.4. The first-order chi connectivity index (χ1) is 7.68. The Balaban J connectivity index is 1.92. The molecule has 0 aliphatic carbocycles. The van der Waals surface area contributed by atoms with Crippen LogP contribution in [0.4, 0.5) is 0 Å². The van der Waals surface area contributed by atoms with Gasteiger partial charge in [-0.15, -0.1) is 0 Å². The summed E-state index contributed by atoms with van der Waals surface area (Å²) in [5.74, 6) is 0. The van der Waals surface area contributed by atoms with Crippen molar-refractivity contribution in [2.75, 3.05) is 6.61 Å². The van der Waals surface area contributed by atoms with E-state index in [1.54, 1.807) is 0 Å². The van der Waals surface area contributed by atoms with Gasteiger partial charge in [0, 0.05) is 6.61 Å². The molecule has 2 rings (SSSR count). The maximum Gasteiger partial charge on any atom is 0.0869 e. The number of aliphatic hydroxyl groups is 1. The van der Waals surface area contributed by atoms with Gasteiger partial charge in [0.15, 0.2) is 0 Å². The van der Waals surface area contributed by atoms with E-state index in [1.807, 2.05) is 37.3 Å². The molecule has 2 nitrogen and oxygen atoms in total. The van der Waals surface area contributed by atoms with Crippen LogP contribution in [0.2, 0.25) is 0 Å². The summed E-state index contributed by atoms with van der Waals surface area (Å²) < 4.78 is 5.57. The molecule has 1 aliphatic heterocycles. The van der Waals surface area contributed by atoms with Crippen molar-refractivity contribution in [3.8, 4) is 0 Å². The third kappa shape index (κ3) is 2.83. The van der Waals surface area contributed by atoms with Crippen LogP contribution in [-0.2, 0) is 10.3 Å². The summed E-state index contributed by atoms with van der Waals surface area (Å²) >= 11 is 0. The van der Waals surface area contributed by atoms with Crippen LogP contribution in [0.15, 0.2) is 30.3 Å². The van der Waals surface area contributed by atoms with Crippen LogP contribution in [0.5, 0.6) is 0 Å². The SMILES string of the molecule is CC(O)(CCC1CCCO1)c1ccccc1. The second-order valence-corrected chi connectivity index (χ2v) is 4.81. The van der Waals surface area contributed by atoms with Gasteiger partial charge in [-0.2, -0.15) is 0 Å².